The van der Waals surface area contributed by atoms with Gasteiger partial charge < -0.3 is 14.8 Å². The standard InChI is InChI=1S/C23H34N4O6S/c1-4-32-23(29)10-7-20-5-8-21(9-6-20)24-22(28)17-25-11-13-26(14-12-25)34(30,31)27-15-18(2)33-19(3)16-27/h5-10,18-19H,4,11-17H2,1-3H3,(H,24,28)/b10-7+. The highest BCUT2D eigenvalue weighted by molar-refractivity contribution is 7.86. The molecule has 34 heavy (non-hydrogen) atoms. The molecule has 2 saturated heterocycles. The number of amides is 1. The van der Waals surface area contributed by atoms with Gasteiger partial charge in [0.25, 0.3) is 10.2 Å². The van der Waals surface area contributed by atoms with Gasteiger partial charge in [0.15, 0.2) is 0 Å². The van der Waals surface area contributed by atoms with Crippen LogP contribution in [-0.2, 0) is 29.3 Å². The van der Waals surface area contributed by atoms with Gasteiger partial charge in [-0.1, -0.05) is 12.1 Å². The largest absolute Gasteiger partial charge is 0.463 e. The molecule has 2 atom stereocenters. The van der Waals surface area contributed by atoms with Crippen molar-refractivity contribution in [3.63, 3.8) is 0 Å². The molecular weight excluding hydrogens is 460 g/mol. The molecule has 0 saturated carbocycles. The number of morpholine rings is 1. The van der Waals surface area contributed by atoms with Crippen LogP contribution in [0, 0.1) is 0 Å². The quantitative estimate of drug-likeness (QED) is 0.427. The second kappa shape index (κ2) is 11.9. The van der Waals surface area contributed by atoms with Gasteiger partial charge in [-0.15, -0.1) is 0 Å². The van der Waals surface area contributed by atoms with E-state index in [2.05, 4.69) is 5.32 Å². The Kier molecular flexibility index (Phi) is 9.20. The number of carbonyl (C=O) groups is 2. The average molecular weight is 495 g/mol. The lowest BCUT2D eigenvalue weighted by atomic mass is 10.2. The fourth-order valence-electron chi connectivity index (χ4n) is 4.04. The van der Waals surface area contributed by atoms with Crippen LogP contribution in [0.5, 0.6) is 0 Å². The van der Waals surface area contributed by atoms with Crippen molar-refractivity contribution in [3.8, 4) is 0 Å². The summed E-state index contributed by atoms with van der Waals surface area (Å²) in [5.74, 6) is -0.566. The molecule has 2 aliphatic heterocycles. The molecule has 2 heterocycles. The summed E-state index contributed by atoms with van der Waals surface area (Å²) in [4.78, 5) is 25.8. The van der Waals surface area contributed by atoms with Crippen molar-refractivity contribution in [3.05, 3.63) is 35.9 Å². The van der Waals surface area contributed by atoms with Gasteiger partial charge in [-0.25, -0.2) is 4.79 Å². The summed E-state index contributed by atoms with van der Waals surface area (Å²) in [6, 6.07) is 7.11. The molecule has 0 aromatic heterocycles. The third-order valence-electron chi connectivity index (χ3n) is 5.63. The van der Waals surface area contributed by atoms with Crippen molar-refractivity contribution in [2.45, 2.75) is 33.0 Å². The van der Waals surface area contributed by atoms with E-state index in [1.165, 1.54) is 14.7 Å². The third kappa shape index (κ3) is 7.34. The molecular formula is C23H34N4O6S. The fraction of sp³-hybridized carbons (Fsp3) is 0.565. The first-order valence-corrected chi connectivity index (χ1v) is 12.9. The fourth-order valence-corrected chi connectivity index (χ4v) is 5.78. The molecule has 2 unspecified atom stereocenters. The SMILES string of the molecule is CCOC(=O)/C=C/c1ccc(NC(=O)CN2CCN(S(=O)(=O)N3CC(C)OC(C)C3)CC2)cc1. The summed E-state index contributed by atoms with van der Waals surface area (Å²) in [6.07, 6.45) is 2.74. The Morgan fingerprint density at radius 2 is 1.68 bits per heavy atom. The van der Waals surface area contributed by atoms with E-state index in [0.29, 0.717) is 51.6 Å². The third-order valence-corrected chi connectivity index (χ3v) is 7.60. The summed E-state index contributed by atoms with van der Waals surface area (Å²) in [7, 11) is -3.54. The minimum Gasteiger partial charge on any atom is -0.463 e. The molecule has 0 bridgehead atoms. The maximum absolute atomic E-state index is 13.0. The molecule has 1 amide bonds. The van der Waals surface area contributed by atoms with E-state index in [9.17, 15) is 18.0 Å². The number of hydrogen-bond donors (Lipinski definition) is 1. The number of esters is 1. The number of anilines is 1. The summed E-state index contributed by atoms with van der Waals surface area (Å²) < 4.78 is 39.5. The van der Waals surface area contributed by atoms with Crippen LogP contribution in [0.1, 0.15) is 26.3 Å². The summed E-state index contributed by atoms with van der Waals surface area (Å²) in [5, 5.41) is 2.85. The van der Waals surface area contributed by atoms with Gasteiger partial charge in [0.2, 0.25) is 5.91 Å². The molecule has 1 aromatic rings. The van der Waals surface area contributed by atoms with Gasteiger partial charge >= 0.3 is 5.97 Å². The lowest BCUT2D eigenvalue weighted by molar-refractivity contribution is -0.137. The Balaban J connectivity index is 1.45. The van der Waals surface area contributed by atoms with Gasteiger partial charge in [0.05, 0.1) is 25.4 Å². The predicted octanol–water partition coefficient (Wildman–Crippen LogP) is 1.17. The number of nitrogens with zero attached hydrogens (tertiary/aromatic N) is 3. The first-order valence-electron chi connectivity index (χ1n) is 11.5. The number of piperazine rings is 1. The molecule has 2 aliphatic rings. The predicted molar refractivity (Wildman–Crippen MR) is 129 cm³/mol. The van der Waals surface area contributed by atoms with E-state index in [1.807, 2.05) is 18.7 Å². The van der Waals surface area contributed by atoms with E-state index in [1.54, 1.807) is 37.3 Å². The van der Waals surface area contributed by atoms with Crippen LogP contribution in [0.2, 0.25) is 0 Å². The van der Waals surface area contributed by atoms with Crippen LogP contribution >= 0.6 is 0 Å². The van der Waals surface area contributed by atoms with Crippen LogP contribution in [-0.4, -0.2) is 98.4 Å². The second-order valence-electron chi connectivity index (χ2n) is 8.51. The average Bonchev–Trinajstić information content (AvgIpc) is 2.78. The smallest absolute Gasteiger partial charge is 0.330 e. The summed E-state index contributed by atoms with van der Waals surface area (Å²) >= 11 is 0. The topological polar surface area (TPSA) is 108 Å². The summed E-state index contributed by atoms with van der Waals surface area (Å²) in [6.45, 7) is 8.38. The van der Waals surface area contributed by atoms with E-state index >= 15 is 0 Å². The molecule has 0 aliphatic carbocycles. The normalized spacial score (nSPS) is 23.1. The monoisotopic (exact) mass is 494 g/mol. The molecule has 3 rings (SSSR count). The highest BCUT2D eigenvalue weighted by Crippen LogP contribution is 2.19. The highest BCUT2D eigenvalue weighted by Gasteiger charge is 2.36. The number of carbonyl (C=O) groups excluding carboxylic acids is 2. The zero-order chi connectivity index (χ0) is 24.7. The number of nitrogens with one attached hydrogen (secondary N) is 1. The van der Waals surface area contributed by atoms with Crippen LogP contribution in [0.25, 0.3) is 6.08 Å². The zero-order valence-corrected chi connectivity index (χ0v) is 20.8. The van der Waals surface area contributed by atoms with Crippen LogP contribution in [0.3, 0.4) is 0 Å². The number of hydrogen-bond acceptors (Lipinski definition) is 7. The molecule has 0 spiro atoms. The van der Waals surface area contributed by atoms with Gasteiger partial charge in [-0.3, -0.25) is 9.69 Å². The van der Waals surface area contributed by atoms with Gasteiger partial charge in [-0.2, -0.15) is 17.0 Å². The second-order valence-corrected chi connectivity index (χ2v) is 10.4. The van der Waals surface area contributed by atoms with E-state index in [0.717, 1.165) is 5.56 Å². The molecule has 1 N–H and O–H groups in total. The Labute approximate surface area is 201 Å². The lowest BCUT2D eigenvalue weighted by Crippen LogP contribution is -2.57. The van der Waals surface area contributed by atoms with Crippen LogP contribution < -0.4 is 5.32 Å². The number of rotatable bonds is 8. The molecule has 11 heteroatoms. The Bertz CT molecular complexity index is 964. The van der Waals surface area contributed by atoms with Gasteiger partial charge in [0.1, 0.15) is 0 Å². The zero-order valence-electron chi connectivity index (χ0n) is 20.0. The molecule has 10 nitrogen and oxygen atoms in total. The Morgan fingerprint density at radius 3 is 2.26 bits per heavy atom. The maximum atomic E-state index is 13.0. The Morgan fingerprint density at radius 1 is 1.06 bits per heavy atom. The minimum absolute atomic E-state index is 0.133. The lowest BCUT2D eigenvalue weighted by Gasteiger charge is -2.40. The Hall–Kier alpha value is -2.31. The molecule has 0 radical (unpaired) electrons. The van der Waals surface area contributed by atoms with Crippen LogP contribution in [0.15, 0.2) is 30.3 Å². The minimum atomic E-state index is -3.54. The summed E-state index contributed by atoms with van der Waals surface area (Å²) in [5.41, 5.74) is 1.46. The number of ether oxygens (including phenoxy) is 2. The van der Waals surface area contributed by atoms with E-state index in [4.69, 9.17) is 9.47 Å². The van der Waals surface area contributed by atoms with Crippen molar-refractivity contribution in [1.29, 1.82) is 0 Å². The molecule has 2 fully saturated rings. The highest BCUT2D eigenvalue weighted by atomic mass is 32.2. The van der Waals surface area contributed by atoms with Crippen LogP contribution in [0.4, 0.5) is 5.69 Å². The van der Waals surface area contributed by atoms with E-state index < -0.39 is 16.2 Å². The molecule has 1 aromatic carbocycles. The first-order chi connectivity index (χ1) is 16.2. The van der Waals surface area contributed by atoms with Crippen molar-refractivity contribution in [1.82, 2.24) is 13.5 Å². The maximum Gasteiger partial charge on any atom is 0.330 e. The van der Waals surface area contributed by atoms with E-state index in [-0.39, 0.29) is 24.7 Å². The van der Waals surface area contributed by atoms with Crippen molar-refractivity contribution < 1.29 is 27.5 Å². The van der Waals surface area contributed by atoms with Gasteiger partial charge in [-0.05, 0) is 44.5 Å². The van der Waals surface area contributed by atoms with Crippen molar-refractivity contribution in [2.24, 2.45) is 0 Å². The van der Waals surface area contributed by atoms with Gasteiger partial charge in [0, 0.05) is 51.0 Å². The number of benzene rings is 1. The van der Waals surface area contributed by atoms with Crippen molar-refractivity contribution >= 4 is 33.8 Å². The first kappa shape index (κ1) is 26.3. The molecule has 188 valence electrons. The van der Waals surface area contributed by atoms with Crippen molar-refractivity contribution in [2.75, 3.05) is 57.7 Å².